The quantitative estimate of drug-likeness (QED) is 0.460. The lowest BCUT2D eigenvalue weighted by atomic mass is 10.1. The number of carbonyl (C=O) groups is 1. The minimum Gasteiger partial charge on any atom is -0.348 e. The molecule has 0 aliphatic carbocycles. The highest BCUT2D eigenvalue weighted by Gasteiger charge is 2.30. The van der Waals surface area contributed by atoms with Gasteiger partial charge in [0, 0.05) is 18.4 Å². The molecule has 0 unspecified atom stereocenters. The van der Waals surface area contributed by atoms with Crippen molar-refractivity contribution in [2.45, 2.75) is 30.8 Å². The van der Waals surface area contributed by atoms with E-state index in [-0.39, 0.29) is 16.3 Å². The third kappa shape index (κ3) is 6.01. The Morgan fingerprint density at radius 3 is 2.10 bits per heavy atom. The number of benzene rings is 2. The van der Waals surface area contributed by atoms with Crippen molar-refractivity contribution in [1.29, 1.82) is 0 Å². The summed E-state index contributed by atoms with van der Waals surface area (Å²) in [5.41, 5.74) is 0.303. The summed E-state index contributed by atoms with van der Waals surface area (Å²) in [4.78, 5) is 23.3. The summed E-state index contributed by atoms with van der Waals surface area (Å²) in [5.74, 6) is -0.628. The maximum atomic E-state index is 12.8. The first-order chi connectivity index (χ1) is 14.2. The zero-order chi connectivity index (χ0) is 23.6. The monoisotopic (exact) mass is 469 g/mol. The van der Waals surface area contributed by atoms with Crippen LogP contribution in [0.4, 0.5) is 11.4 Å². The number of carbonyl (C=O) groups excluding carboxylic acids is 1. The number of nitrogens with one attached hydrogen (secondary N) is 1. The number of hydrogen-bond donors (Lipinski definition) is 1. The van der Waals surface area contributed by atoms with Crippen molar-refractivity contribution in [3.63, 3.8) is 0 Å². The van der Waals surface area contributed by atoms with E-state index in [1.54, 1.807) is 19.1 Å². The Morgan fingerprint density at radius 2 is 1.61 bits per heavy atom. The molecule has 1 amide bonds. The summed E-state index contributed by atoms with van der Waals surface area (Å²) in [6.07, 6.45) is 1.99. The van der Waals surface area contributed by atoms with Crippen molar-refractivity contribution in [2.24, 2.45) is 0 Å². The number of sulfonamides is 1. The largest absolute Gasteiger partial charge is 0.348 e. The highest BCUT2D eigenvalue weighted by atomic mass is 32.2. The number of hydrogen-bond acceptors (Lipinski definition) is 7. The fourth-order valence-electron chi connectivity index (χ4n) is 2.97. The number of amides is 1. The van der Waals surface area contributed by atoms with Gasteiger partial charge in [0.25, 0.3) is 5.69 Å². The van der Waals surface area contributed by atoms with Gasteiger partial charge < -0.3 is 5.32 Å². The minimum atomic E-state index is -3.94. The zero-order valence-electron chi connectivity index (χ0n) is 17.3. The van der Waals surface area contributed by atoms with Gasteiger partial charge in [0.1, 0.15) is 6.04 Å². The molecule has 0 bridgehead atoms. The Bertz CT molecular complexity index is 1190. The smallest absolute Gasteiger partial charge is 0.271 e. The fourth-order valence-corrected chi connectivity index (χ4v) is 4.77. The number of rotatable bonds is 8. The van der Waals surface area contributed by atoms with Gasteiger partial charge in [-0.25, -0.2) is 16.8 Å². The lowest BCUT2D eigenvalue weighted by Crippen LogP contribution is -2.48. The summed E-state index contributed by atoms with van der Waals surface area (Å²) >= 11 is 0. The van der Waals surface area contributed by atoms with Crippen molar-refractivity contribution in [1.82, 2.24) is 5.32 Å². The molecule has 0 saturated carbocycles. The van der Waals surface area contributed by atoms with Crippen molar-refractivity contribution >= 4 is 37.1 Å². The maximum Gasteiger partial charge on any atom is 0.271 e. The summed E-state index contributed by atoms with van der Waals surface area (Å²) < 4.78 is 48.7. The normalized spacial score (nSPS) is 13.8. The van der Waals surface area contributed by atoms with Gasteiger partial charge in [-0.3, -0.25) is 19.2 Å². The summed E-state index contributed by atoms with van der Waals surface area (Å²) in [5, 5.41) is 13.7. The molecule has 2 aromatic carbocycles. The Morgan fingerprint density at radius 1 is 1.03 bits per heavy atom. The van der Waals surface area contributed by atoms with E-state index in [4.69, 9.17) is 0 Å². The highest BCUT2D eigenvalue weighted by molar-refractivity contribution is 7.92. The molecule has 2 atom stereocenters. The number of nitro groups is 1. The van der Waals surface area contributed by atoms with Gasteiger partial charge in [-0.2, -0.15) is 0 Å². The number of nitrogens with zero attached hydrogens (tertiary/aromatic N) is 2. The molecule has 0 radical (unpaired) electrons. The molecule has 0 aliphatic rings. The van der Waals surface area contributed by atoms with Crippen LogP contribution >= 0.6 is 0 Å². The lowest BCUT2D eigenvalue weighted by molar-refractivity contribution is -0.384. The average molecular weight is 470 g/mol. The van der Waals surface area contributed by atoms with Crippen LogP contribution in [0.1, 0.15) is 25.5 Å². The van der Waals surface area contributed by atoms with Gasteiger partial charge in [-0.1, -0.05) is 18.2 Å². The Kier molecular flexibility index (Phi) is 7.06. The topological polar surface area (TPSA) is 144 Å². The molecule has 0 spiro atoms. The second-order valence-corrected chi connectivity index (χ2v) is 11.0. The predicted octanol–water partition coefficient (Wildman–Crippen LogP) is 2.03. The first-order valence-corrected chi connectivity index (χ1v) is 12.8. The van der Waals surface area contributed by atoms with Crippen LogP contribution in [0.2, 0.25) is 0 Å². The number of nitro benzene ring substituents is 1. The lowest BCUT2D eigenvalue weighted by Gasteiger charge is -2.29. The van der Waals surface area contributed by atoms with Gasteiger partial charge in [0.2, 0.25) is 15.9 Å². The number of anilines is 1. The second-order valence-electron chi connectivity index (χ2n) is 7.08. The van der Waals surface area contributed by atoms with E-state index >= 15 is 0 Å². The first kappa shape index (κ1) is 24.3. The fraction of sp³-hybridized carbons (Fsp3) is 0.316. The third-order valence-corrected chi connectivity index (χ3v) is 6.92. The summed E-state index contributed by atoms with van der Waals surface area (Å²) in [6, 6.07) is 9.21. The molecule has 168 valence electrons. The van der Waals surface area contributed by atoms with Gasteiger partial charge in [0.05, 0.1) is 27.8 Å². The van der Waals surface area contributed by atoms with Crippen LogP contribution in [-0.2, 0) is 24.7 Å². The van der Waals surface area contributed by atoms with E-state index in [9.17, 15) is 31.7 Å². The molecular weight excluding hydrogens is 446 g/mol. The molecule has 1 N–H and O–H groups in total. The van der Waals surface area contributed by atoms with Crippen LogP contribution < -0.4 is 9.62 Å². The number of non-ortho nitro benzene ring substituents is 1. The predicted molar refractivity (Wildman–Crippen MR) is 116 cm³/mol. The van der Waals surface area contributed by atoms with Crippen molar-refractivity contribution in [2.75, 3.05) is 16.8 Å². The van der Waals surface area contributed by atoms with E-state index in [0.717, 1.165) is 22.9 Å². The van der Waals surface area contributed by atoms with Crippen molar-refractivity contribution < 1.29 is 26.6 Å². The van der Waals surface area contributed by atoms with Crippen LogP contribution in [0.5, 0.6) is 0 Å². The van der Waals surface area contributed by atoms with Crippen molar-refractivity contribution in [3.05, 3.63) is 64.2 Å². The van der Waals surface area contributed by atoms with Crippen molar-refractivity contribution in [3.8, 4) is 0 Å². The molecule has 31 heavy (non-hydrogen) atoms. The highest BCUT2D eigenvalue weighted by Crippen LogP contribution is 2.26. The van der Waals surface area contributed by atoms with Crippen LogP contribution in [0.15, 0.2) is 53.4 Å². The van der Waals surface area contributed by atoms with E-state index in [2.05, 4.69) is 5.32 Å². The van der Waals surface area contributed by atoms with Crippen LogP contribution in [0.25, 0.3) is 0 Å². The van der Waals surface area contributed by atoms with Gasteiger partial charge in [0.15, 0.2) is 9.84 Å². The van der Waals surface area contributed by atoms with Crippen LogP contribution in [0, 0.1) is 10.1 Å². The zero-order valence-corrected chi connectivity index (χ0v) is 19.0. The Labute approximate surface area is 181 Å². The molecule has 0 aliphatic heterocycles. The number of sulfone groups is 1. The molecule has 12 heteroatoms. The average Bonchev–Trinajstić information content (AvgIpc) is 2.66. The van der Waals surface area contributed by atoms with E-state index in [0.29, 0.717) is 5.56 Å². The molecule has 0 aromatic heterocycles. The minimum absolute atomic E-state index is 0.00971. The summed E-state index contributed by atoms with van der Waals surface area (Å²) in [6.45, 7) is 3.03. The van der Waals surface area contributed by atoms with Gasteiger partial charge >= 0.3 is 0 Å². The second kappa shape index (κ2) is 9.02. The summed E-state index contributed by atoms with van der Waals surface area (Å²) in [7, 11) is -7.30. The van der Waals surface area contributed by atoms with E-state index in [1.165, 1.54) is 37.3 Å². The SMILES string of the molecule is C[C@H](NC(=O)[C@H](C)N(c1cccc([N+](=O)[O-])c1)S(C)(=O)=O)c1ccc(S(C)(=O)=O)cc1. The molecule has 10 nitrogen and oxygen atoms in total. The third-order valence-electron chi connectivity index (χ3n) is 4.55. The van der Waals surface area contributed by atoms with E-state index < -0.39 is 42.8 Å². The maximum absolute atomic E-state index is 12.8. The molecule has 2 aromatic rings. The molecule has 0 heterocycles. The van der Waals surface area contributed by atoms with Gasteiger partial charge in [-0.05, 0) is 37.6 Å². The van der Waals surface area contributed by atoms with Crippen LogP contribution in [0.3, 0.4) is 0 Å². The Balaban J connectivity index is 2.27. The molecule has 0 saturated heterocycles. The first-order valence-electron chi connectivity index (χ1n) is 9.06. The molecule has 0 fully saturated rings. The standard InChI is InChI=1S/C19H23N3O7S2/c1-13(15-8-10-18(11-9-15)30(3,26)27)20-19(23)14(2)21(31(4,28)29)16-6-5-7-17(12-16)22(24)25/h5-14H,1-4H3,(H,20,23)/t13-,14-/m0/s1. The molecule has 2 rings (SSSR count). The van der Waals surface area contributed by atoms with E-state index in [1.807, 2.05) is 0 Å². The van der Waals surface area contributed by atoms with Gasteiger partial charge in [-0.15, -0.1) is 0 Å². The Hall–Kier alpha value is -2.99. The molecular formula is C19H23N3O7S2. The van der Waals surface area contributed by atoms with Crippen LogP contribution in [-0.4, -0.2) is 46.2 Å².